The molecule has 2 N–H and O–H groups in total. The quantitative estimate of drug-likeness (QED) is 0.759. The third-order valence-corrected chi connectivity index (χ3v) is 2.80. The number of piperidine rings is 1. The van der Waals surface area contributed by atoms with E-state index in [1.807, 2.05) is 20.8 Å². The topological polar surface area (TPSA) is 50.4 Å². The fraction of sp³-hybridized carbons (Fsp3) is 0.917. The second-order valence-electron chi connectivity index (χ2n) is 5.65. The van der Waals surface area contributed by atoms with E-state index in [1.54, 1.807) is 0 Å². The van der Waals surface area contributed by atoms with Crippen molar-refractivity contribution in [3.63, 3.8) is 0 Å². The lowest BCUT2D eigenvalue weighted by Gasteiger charge is -2.30. The molecule has 16 heavy (non-hydrogen) atoms. The van der Waals surface area contributed by atoms with E-state index in [0.29, 0.717) is 18.6 Å². The molecule has 1 aliphatic rings. The molecule has 4 heteroatoms. The Balaban J connectivity index is 2.25. The lowest BCUT2D eigenvalue weighted by Crippen LogP contribution is -2.46. The summed E-state index contributed by atoms with van der Waals surface area (Å²) in [4.78, 5) is 11.4. The number of carbonyl (C=O) groups excluding carboxylic acids is 1. The van der Waals surface area contributed by atoms with Gasteiger partial charge in [-0.2, -0.15) is 0 Å². The Morgan fingerprint density at radius 3 is 2.75 bits per heavy atom. The van der Waals surface area contributed by atoms with Gasteiger partial charge in [0, 0.05) is 11.6 Å². The first-order valence-electron chi connectivity index (χ1n) is 6.07. The van der Waals surface area contributed by atoms with Crippen LogP contribution in [0.15, 0.2) is 0 Å². The first-order chi connectivity index (χ1) is 7.38. The molecule has 4 nitrogen and oxygen atoms in total. The fourth-order valence-corrected chi connectivity index (χ4v) is 1.84. The van der Waals surface area contributed by atoms with Crippen molar-refractivity contribution in [1.82, 2.24) is 10.6 Å². The predicted molar refractivity (Wildman–Crippen MR) is 64.4 cm³/mol. The highest BCUT2D eigenvalue weighted by Gasteiger charge is 2.23. The molecule has 0 aliphatic carbocycles. The maximum absolute atomic E-state index is 11.4. The number of hydrogen-bond donors (Lipinski definition) is 2. The average Bonchev–Trinajstić information content (AvgIpc) is 2.14. The molecule has 0 unspecified atom stereocenters. The Bertz CT molecular complexity index is 236. The standard InChI is InChI=1S/C12H24N2O2/c1-9-6-5-7-13-10(9)8-16-11(15)14-12(2,3)4/h9-10,13H,5-8H2,1-4H3,(H,14,15)/t9-,10-/m1/s1. The highest BCUT2D eigenvalue weighted by Crippen LogP contribution is 2.15. The molecule has 94 valence electrons. The molecule has 0 spiro atoms. The van der Waals surface area contributed by atoms with Crippen LogP contribution < -0.4 is 10.6 Å². The molecule has 1 amide bonds. The van der Waals surface area contributed by atoms with Gasteiger partial charge in [-0.3, -0.25) is 0 Å². The summed E-state index contributed by atoms with van der Waals surface area (Å²) in [5.41, 5.74) is -0.233. The molecule has 0 bridgehead atoms. The Labute approximate surface area is 98.1 Å². The molecule has 0 aromatic rings. The zero-order valence-corrected chi connectivity index (χ0v) is 10.8. The fourth-order valence-electron chi connectivity index (χ4n) is 1.84. The summed E-state index contributed by atoms with van der Waals surface area (Å²) in [6.45, 7) is 9.51. The van der Waals surface area contributed by atoms with E-state index < -0.39 is 0 Å². The van der Waals surface area contributed by atoms with Gasteiger partial charge in [0.15, 0.2) is 0 Å². The molecule has 1 heterocycles. The number of carbonyl (C=O) groups is 1. The van der Waals surface area contributed by atoms with Gasteiger partial charge in [-0.25, -0.2) is 4.79 Å². The van der Waals surface area contributed by atoms with Crippen molar-refractivity contribution in [3.8, 4) is 0 Å². The van der Waals surface area contributed by atoms with Crippen LogP contribution in [0, 0.1) is 5.92 Å². The summed E-state index contributed by atoms with van der Waals surface area (Å²) in [5.74, 6) is 0.580. The molecule has 0 aromatic heterocycles. The van der Waals surface area contributed by atoms with Gasteiger partial charge in [0.25, 0.3) is 0 Å². The maximum Gasteiger partial charge on any atom is 0.407 e. The Kier molecular flexibility index (Phi) is 4.59. The highest BCUT2D eigenvalue weighted by atomic mass is 16.5. The van der Waals surface area contributed by atoms with Crippen molar-refractivity contribution in [2.45, 2.75) is 52.1 Å². The maximum atomic E-state index is 11.4. The van der Waals surface area contributed by atoms with Crippen LogP contribution in [-0.2, 0) is 4.74 Å². The number of rotatable bonds is 2. The van der Waals surface area contributed by atoms with Gasteiger partial charge in [0.2, 0.25) is 0 Å². The van der Waals surface area contributed by atoms with E-state index >= 15 is 0 Å². The summed E-state index contributed by atoms with van der Waals surface area (Å²) in [7, 11) is 0. The number of nitrogens with one attached hydrogen (secondary N) is 2. The summed E-state index contributed by atoms with van der Waals surface area (Å²) >= 11 is 0. The van der Waals surface area contributed by atoms with Crippen LogP contribution >= 0.6 is 0 Å². The molecule has 0 radical (unpaired) electrons. The number of hydrogen-bond acceptors (Lipinski definition) is 3. The first-order valence-corrected chi connectivity index (χ1v) is 6.07. The first kappa shape index (κ1) is 13.3. The van der Waals surface area contributed by atoms with E-state index in [-0.39, 0.29) is 11.6 Å². The Morgan fingerprint density at radius 1 is 1.50 bits per heavy atom. The molecule has 0 aromatic carbocycles. The van der Waals surface area contributed by atoms with Crippen LogP contribution in [0.4, 0.5) is 4.79 Å². The normalized spacial score (nSPS) is 26.2. The van der Waals surface area contributed by atoms with Crippen LogP contribution in [0.2, 0.25) is 0 Å². The number of alkyl carbamates (subject to hydrolysis) is 1. The summed E-state index contributed by atoms with van der Waals surface area (Å²) in [6, 6.07) is 0.305. The minimum absolute atomic E-state index is 0.233. The largest absolute Gasteiger partial charge is 0.448 e. The zero-order chi connectivity index (χ0) is 12.2. The van der Waals surface area contributed by atoms with Gasteiger partial charge in [0.1, 0.15) is 6.61 Å². The van der Waals surface area contributed by atoms with E-state index in [0.717, 1.165) is 6.54 Å². The molecule has 1 aliphatic heterocycles. The van der Waals surface area contributed by atoms with Crippen LogP contribution in [-0.4, -0.2) is 30.8 Å². The number of amides is 1. The van der Waals surface area contributed by atoms with Crippen molar-refractivity contribution in [2.75, 3.05) is 13.2 Å². The third kappa shape index (κ3) is 4.84. The molecule has 1 saturated heterocycles. The van der Waals surface area contributed by atoms with Gasteiger partial charge < -0.3 is 15.4 Å². The van der Waals surface area contributed by atoms with Crippen LogP contribution in [0.3, 0.4) is 0 Å². The monoisotopic (exact) mass is 228 g/mol. The van der Waals surface area contributed by atoms with Crippen LogP contribution in [0.5, 0.6) is 0 Å². The zero-order valence-electron chi connectivity index (χ0n) is 10.8. The predicted octanol–water partition coefficient (Wildman–Crippen LogP) is 1.90. The van der Waals surface area contributed by atoms with Crippen LogP contribution in [0.1, 0.15) is 40.5 Å². The van der Waals surface area contributed by atoms with Gasteiger partial charge in [0.05, 0.1) is 0 Å². The van der Waals surface area contributed by atoms with Crippen LogP contribution in [0.25, 0.3) is 0 Å². The molecular weight excluding hydrogens is 204 g/mol. The van der Waals surface area contributed by atoms with E-state index in [1.165, 1.54) is 12.8 Å². The van der Waals surface area contributed by atoms with Crippen molar-refractivity contribution < 1.29 is 9.53 Å². The smallest absolute Gasteiger partial charge is 0.407 e. The van der Waals surface area contributed by atoms with E-state index in [2.05, 4.69) is 17.6 Å². The minimum Gasteiger partial charge on any atom is -0.448 e. The number of ether oxygens (including phenoxy) is 1. The molecule has 1 rings (SSSR count). The molecule has 2 atom stereocenters. The Morgan fingerprint density at radius 2 is 2.19 bits per heavy atom. The molecule has 1 fully saturated rings. The van der Waals surface area contributed by atoms with Crippen molar-refractivity contribution in [2.24, 2.45) is 5.92 Å². The minimum atomic E-state index is -0.327. The van der Waals surface area contributed by atoms with Crippen molar-refractivity contribution in [3.05, 3.63) is 0 Å². The summed E-state index contributed by atoms with van der Waals surface area (Å²) < 4.78 is 5.22. The average molecular weight is 228 g/mol. The van der Waals surface area contributed by atoms with Gasteiger partial charge in [-0.15, -0.1) is 0 Å². The lowest BCUT2D eigenvalue weighted by molar-refractivity contribution is 0.109. The van der Waals surface area contributed by atoms with Gasteiger partial charge >= 0.3 is 6.09 Å². The summed E-state index contributed by atoms with van der Waals surface area (Å²) in [5, 5.41) is 6.17. The van der Waals surface area contributed by atoms with E-state index in [4.69, 9.17) is 4.74 Å². The Hall–Kier alpha value is -0.770. The second-order valence-corrected chi connectivity index (χ2v) is 5.65. The molecular formula is C12H24N2O2. The van der Waals surface area contributed by atoms with E-state index in [9.17, 15) is 4.79 Å². The summed E-state index contributed by atoms with van der Waals surface area (Å²) in [6.07, 6.45) is 2.10. The highest BCUT2D eigenvalue weighted by molar-refractivity contribution is 5.68. The second kappa shape index (κ2) is 5.53. The van der Waals surface area contributed by atoms with Gasteiger partial charge in [-0.1, -0.05) is 6.92 Å². The SMILES string of the molecule is C[C@@H]1CCCN[C@@H]1COC(=O)NC(C)(C)C. The van der Waals surface area contributed by atoms with Gasteiger partial charge in [-0.05, 0) is 46.1 Å². The molecule has 0 saturated carbocycles. The lowest BCUT2D eigenvalue weighted by atomic mass is 9.93. The van der Waals surface area contributed by atoms with Crippen molar-refractivity contribution in [1.29, 1.82) is 0 Å². The third-order valence-electron chi connectivity index (χ3n) is 2.80. The van der Waals surface area contributed by atoms with Crippen molar-refractivity contribution >= 4 is 6.09 Å².